The lowest BCUT2D eigenvalue weighted by Crippen LogP contribution is -2.48. The standard InChI is InChI=1S/C20H24N2O2/c1-13-11-22(12-14(2)24-13)20(23)19-15-7-3-5-9-17(15)21-18-10-6-4-8-16(18)19/h3,5,7,9,13-14H,4,6,8,10-12H2,1-2H3. The third-order valence-electron chi connectivity index (χ3n) is 5.09. The third-order valence-corrected chi connectivity index (χ3v) is 5.09. The second kappa shape index (κ2) is 6.17. The second-order valence-electron chi connectivity index (χ2n) is 7.10. The molecule has 4 nitrogen and oxygen atoms in total. The Morgan fingerprint density at radius 3 is 2.62 bits per heavy atom. The zero-order chi connectivity index (χ0) is 16.7. The Labute approximate surface area is 142 Å². The predicted molar refractivity (Wildman–Crippen MR) is 94.3 cm³/mol. The van der Waals surface area contributed by atoms with Crippen LogP contribution in [0.4, 0.5) is 0 Å². The fourth-order valence-electron chi connectivity index (χ4n) is 4.12. The van der Waals surface area contributed by atoms with Crippen molar-refractivity contribution in [1.82, 2.24) is 9.88 Å². The lowest BCUT2D eigenvalue weighted by Gasteiger charge is -2.36. The molecular weight excluding hydrogens is 300 g/mol. The maximum atomic E-state index is 13.4. The van der Waals surface area contributed by atoms with Crippen LogP contribution >= 0.6 is 0 Å². The zero-order valence-electron chi connectivity index (χ0n) is 14.4. The van der Waals surface area contributed by atoms with Gasteiger partial charge in [0, 0.05) is 24.2 Å². The highest BCUT2D eigenvalue weighted by atomic mass is 16.5. The van der Waals surface area contributed by atoms with Crippen LogP contribution in [0.2, 0.25) is 0 Å². The van der Waals surface area contributed by atoms with E-state index in [0.29, 0.717) is 13.1 Å². The Hall–Kier alpha value is -1.94. The van der Waals surface area contributed by atoms with Crippen molar-refractivity contribution in [3.05, 3.63) is 41.1 Å². The van der Waals surface area contributed by atoms with Crippen LogP contribution < -0.4 is 0 Å². The summed E-state index contributed by atoms with van der Waals surface area (Å²) in [5, 5.41) is 0.995. The fourth-order valence-corrected chi connectivity index (χ4v) is 4.12. The number of aromatic nitrogens is 1. The van der Waals surface area contributed by atoms with Crippen LogP contribution in [0.15, 0.2) is 24.3 Å². The lowest BCUT2D eigenvalue weighted by atomic mass is 9.89. The lowest BCUT2D eigenvalue weighted by molar-refractivity contribution is -0.0586. The van der Waals surface area contributed by atoms with Gasteiger partial charge in [0.2, 0.25) is 0 Å². The Bertz CT molecular complexity index is 777. The number of hydrogen-bond donors (Lipinski definition) is 0. The summed E-state index contributed by atoms with van der Waals surface area (Å²) in [5.74, 6) is 0.147. The first-order chi connectivity index (χ1) is 11.6. The minimum Gasteiger partial charge on any atom is -0.372 e. The number of amides is 1. The topological polar surface area (TPSA) is 42.4 Å². The van der Waals surface area contributed by atoms with E-state index in [0.717, 1.165) is 47.8 Å². The first kappa shape index (κ1) is 15.6. The predicted octanol–water partition coefficient (Wildman–Crippen LogP) is 3.36. The molecule has 2 heterocycles. The van der Waals surface area contributed by atoms with Gasteiger partial charge in [0.25, 0.3) is 5.91 Å². The van der Waals surface area contributed by atoms with Gasteiger partial charge in [-0.05, 0) is 51.2 Å². The highest BCUT2D eigenvalue weighted by molar-refractivity contribution is 6.07. The van der Waals surface area contributed by atoms with Gasteiger partial charge in [-0.3, -0.25) is 9.78 Å². The number of aryl methyl sites for hydroxylation is 1. The summed E-state index contributed by atoms with van der Waals surface area (Å²) in [6.45, 7) is 5.40. The van der Waals surface area contributed by atoms with E-state index in [-0.39, 0.29) is 18.1 Å². The summed E-state index contributed by atoms with van der Waals surface area (Å²) < 4.78 is 5.80. The smallest absolute Gasteiger partial charge is 0.255 e. The van der Waals surface area contributed by atoms with E-state index in [1.54, 1.807) is 0 Å². The molecule has 1 saturated heterocycles. The number of ether oxygens (including phenoxy) is 1. The van der Waals surface area contributed by atoms with Gasteiger partial charge in [-0.15, -0.1) is 0 Å². The van der Waals surface area contributed by atoms with E-state index >= 15 is 0 Å². The van der Waals surface area contributed by atoms with Gasteiger partial charge in [0.05, 0.1) is 23.3 Å². The van der Waals surface area contributed by atoms with Gasteiger partial charge in [0.1, 0.15) is 0 Å². The first-order valence-electron chi connectivity index (χ1n) is 8.98. The van der Waals surface area contributed by atoms with E-state index in [9.17, 15) is 4.79 Å². The van der Waals surface area contributed by atoms with Crippen LogP contribution in [0.5, 0.6) is 0 Å². The molecule has 1 fully saturated rings. The SMILES string of the molecule is CC1CN(C(=O)c2c3c(nc4ccccc24)CCCC3)CC(C)O1. The van der Waals surface area contributed by atoms with Gasteiger partial charge in [-0.2, -0.15) is 0 Å². The average Bonchev–Trinajstić information content (AvgIpc) is 2.58. The van der Waals surface area contributed by atoms with Crippen molar-refractivity contribution in [3.8, 4) is 0 Å². The average molecular weight is 324 g/mol. The summed E-state index contributed by atoms with van der Waals surface area (Å²) >= 11 is 0. The molecule has 24 heavy (non-hydrogen) atoms. The van der Waals surface area contributed by atoms with Crippen LogP contribution in [0.25, 0.3) is 10.9 Å². The van der Waals surface area contributed by atoms with E-state index in [2.05, 4.69) is 0 Å². The minimum absolute atomic E-state index is 0.0848. The first-order valence-corrected chi connectivity index (χ1v) is 8.98. The molecule has 2 atom stereocenters. The number of nitrogens with zero attached hydrogens (tertiary/aromatic N) is 2. The van der Waals surface area contributed by atoms with Crippen molar-refractivity contribution >= 4 is 16.8 Å². The molecule has 1 aliphatic heterocycles. The van der Waals surface area contributed by atoms with Crippen LogP contribution in [-0.2, 0) is 17.6 Å². The zero-order valence-corrected chi connectivity index (χ0v) is 14.4. The van der Waals surface area contributed by atoms with Crippen molar-refractivity contribution < 1.29 is 9.53 Å². The molecule has 2 aromatic rings. The monoisotopic (exact) mass is 324 g/mol. The number of carbonyl (C=O) groups is 1. The maximum Gasteiger partial charge on any atom is 0.255 e. The minimum atomic E-state index is 0.0848. The maximum absolute atomic E-state index is 13.4. The largest absolute Gasteiger partial charge is 0.372 e. The Morgan fingerprint density at radius 2 is 1.83 bits per heavy atom. The van der Waals surface area contributed by atoms with Gasteiger partial charge in [-0.1, -0.05) is 18.2 Å². The normalized spacial score (nSPS) is 24.0. The van der Waals surface area contributed by atoms with Crippen molar-refractivity contribution in [2.24, 2.45) is 0 Å². The molecule has 0 radical (unpaired) electrons. The highest BCUT2D eigenvalue weighted by Crippen LogP contribution is 2.30. The summed E-state index contributed by atoms with van der Waals surface area (Å²) in [6, 6.07) is 8.06. The van der Waals surface area contributed by atoms with Gasteiger partial charge >= 0.3 is 0 Å². The molecule has 2 unspecified atom stereocenters. The Kier molecular flexibility index (Phi) is 4.01. The molecule has 1 aromatic heterocycles. The van der Waals surface area contributed by atoms with Crippen LogP contribution in [-0.4, -0.2) is 41.1 Å². The van der Waals surface area contributed by atoms with Gasteiger partial charge < -0.3 is 9.64 Å². The summed E-state index contributed by atoms with van der Waals surface area (Å²) in [6.07, 6.45) is 4.42. The quantitative estimate of drug-likeness (QED) is 0.808. The third kappa shape index (κ3) is 2.69. The highest BCUT2D eigenvalue weighted by Gasteiger charge is 2.30. The number of para-hydroxylation sites is 1. The summed E-state index contributed by atoms with van der Waals surface area (Å²) in [4.78, 5) is 20.2. The van der Waals surface area contributed by atoms with Gasteiger partial charge in [-0.25, -0.2) is 0 Å². The number of fused-ring (bicyclic) bond motifs is 2. The number of morpholine rings is 1. The van der Waals surface area contributed by atoms with Crippen molar-refractivity contribution in [1.29, 1.82) is 0 Å². The van der Waals surface area contributed by atoms with Crippen LogP contribution in [0.1, 0.15) is 48.3 Å². The van der Waals surface area contributed by atoms with E-state index in [1.807, 2.05) is 43.0 Å². The molecule has 0 bridgehead atoms. The number of carbonyl (C=O) groups excluding carboxylic acids is 1. The van der Waals surface area contributed by atoms with Crippen molar-refractivity contribution in [3.63, 3.8) is 0 Å². The number of hydrogen-bond acceptors (Lipinski definition) is 3. The Morgan fingerprint density at radius 1 is 1.12 bits per heavy atom. The van der Waals surface area contributed by atoms with Crippen molar-refractivity contribution in [2.45, 2.75) is 51.7 Å². The second-order valence-corrected chi connectivity index (χ2v) is 7.10. The molecule has 1 aliphatic carbocycles. The molecular formula is C20H24N2O2. The molecule has 0 spiro atoms. The Balaban J connectivity index is 1.84. The van der Waals surface area contributed by atoms with Crippen LogP contribution in [0, 0.1) is 0 Å². The number of benzene rings is 1. The number of pyridine rings is 1. The van der Waals surface area contributed by atoms with E-state index < -0.39 is 0 Å². The molecule has 2 aliphatic rings. The van der Waals surface area contributed by atoms with Crippen LogP contribution in [0.3, 0.4) is 0 Å². The molecule has 0 saturated carbocycles. The molecule has 126 valence electrons. The fraction of sp³-hybridized carbons (Fsp3) is 0.500. The van der Waals surface area contributed by atoms with Crippen molar-refractivity contribution in [2.75, 3.05) is 13.1 Å². The molecule has 0 N–H and O–H groups in total. The van der Waals surface area contributed by atoms with Gasteiger partial charge in [0.15, 0.2) is 0 Å². The number of rotatable bonds is 1. The molecule has 1 aromatic carbocycles. The molecule has 4 heteroatoms. The summed E-state index contributed by atoms with van der Waals surface area (Å²) in [7, 11) is 0. The van der Waals surface area contributed by atoms with E-state index in [1.165, 1.54) is 5.56 Å². The van der Waals surface area contributed by atoms with E-state index in [4.69, 9.17) is 9.72 Å². The summed E-state index contributed by atoms with van der Waals surface area (Å²) in [5.41, 5.74) is 4.13. The molecule has 4 rings (SSSR count). The molecule has 1 amide bonds.